The average molecular weight is 359 g/mol. The Morgan fingerprint density at radius 2 is 1.77 bits per heavy atom. The molecular weight excluding hydrogens is 344 g/mol. The molecule has 126 valence electrons. The third kappa shape index (κ3) is 2.94. The van der Waals surface area contributed by atoms with Crippen LogP contribution in [0.2, 0.25) is 5.02 Å². The van der Waals surface area contributed by atoms with Crippen LogP contribution in [0.3, 0.4) is 0 Å². The molecule has 0 amide bonds. The Balaban J connectivity index is 1.68. The van der Waals surface area contributed by atoms with E-state index in [2.05, 4.69) is 40.3 Å². The molecule has 2 heterocycles. The second-order valence-corrected chi connectivity index (χ2v) is 6.48. The number of imidazole rings is 1. The first-order chi connectivity index (χ1) is 12.7. The number of fused-ring (bicyclic) bond motifs is 1. The minimum Gasteiger partial charge on any atom is -0.308 e. The highest BCUT2D eigenvalue weighted by Crippen LogP contribution is 2.28. The number of rotatable bonds is 3. The Labute approximate surface area is 156 Å². The molecule has 0 aliphatic heterocycles. The molecule has 0 radical (unpaired) electrons. The van der Waals surface area contributed by atoms with Crippen molar-refractivity contribution >= 4 is 22.8 Å². The van der Waals surface area contributed by atoms with Crippen LogP contribution < -0.4 is 0 Å². The normalized spacial score (nSPS) is 10.8. The van der Waals surface area contributed by atoms with Crippen molar-refractivity contribution in [2.75, 3.05) is 0 Å². The third-order valence-electron chi connectivity index (χ3n) is 4.38. The minimum absolute atomic E-state index is 0.396. The highest BCUT2D eigenvalue weighted by molar-refractivity contribution is 6.33. The zero-order valence-corrected chi connectivity index (χ0v) is 14.9. The van der Waals surface area contributed by atoms with E-state index in [0.717, 1.165) is 38.7 Å². The summed E-state index contributed by atoms with van der Waals surface area (Å²) in [5.74, 6) is 0.873. The summed E-state index contributed by atoms with van der Waals surface area (Å²) in [5.41, 5.74) is 5.16. The summed E-state index contributed by atoms with van der Waals surface area (Å²) >= 11 is 6.28. The number of hydrogen-bond donors (Lipinski definition) is 0. The number of nitrogens with zero attached hydrogens (tertiary/aromatic N) is 4. The second-order valence-electron chi connectivity index (χ2n) is 6.07. The zero-order chi connectivity index (χ0) is 18.1. The zero-order valence-electron chi connectivity index (χ0n) is 14.1. The molecule has 0 aliphatic rings. The molecule has 2 aromatic carbocycles. The Bertz CT molecular complexity index is 1140. The van der Waals surface area contributed by atoms with Crippen molar-refractivity contribution < 1.29 is 0 Å². The first kappa shape index (κ1) is 16.3. The van der Waals surface area contributed by atoms with Crippen LogP contribution in [0.1, 0.15) is 17.1 Å². The van der Waals surface area contributed by atoms with E-state index < -0.39 is 0 Å². The van der Waals surface area contributed by atoms with E-state index in [1.54, 1.807) is 6.07 Å². The summed E-state index contributed by atoms with van der Waals surface area (Å²) in [6.45, 7) is 2.60. The van der Waals surface area contributed by atoms with Crippen LogP contribution in [0, 0.1) is 18.3 Å². The van der Waals surface area contributed by atoms with Crippen molar-refractivity contribution in [3.8, 4) is 17.2 Å². The van der Waals surface area contributed by atoms with Crippen molar-refractivity contribution in [1.29, 1.82) is 5.26 Å². The molecule has 0 atom stereocenters. The molecule has 0 saturated carbocycles. The maximum Gasteiger partial charge on any atom is 0.161 e. The fraction of sp³-hybridized carbons (Fsp3) is 0.0952. The summed E-state index contributed by atoms with van der Waals surface area (Å²) < 4.78 is 2.03. The lowest BCUT2D eigenvalue weighted by Gasteiger charge is -2.09. The van der Waals surface area contributed by atoms with Gasteiger partial charge in [0.1, 0.15) is 23.1 Å². The van der Waals surface area contributed by atoms with Gasteiger partial charge in [-0.15, -0.1) is 0 Å². The number of halogens is 1. The molecule has 0 saturated heterocycles. The van der Waals surface area contributed by atoms with Crippen molar-refractivity contribution in [3.05, 3.63) is 82.8 Å². The van der Waals surface area contributed by atoms with E-state index in [-0.39, 0.29) is 0 Å². The summed E-state index contributed by atoms with van der Waals surface area (Å²) in [4.78, 5) is 8.94. The van der Waals surface area contributed by atoms with Crippen LogP contribution in [0.5, 0.6) is 0 Å². The van der Waals surface area contributed by atoms with Crippen LogP contribution in [0.4, 0.5) is 0 Å². The van der Waals surface area contributed by atoms with E-state index in [1.807, 2.05) is 41.8 Å². The summed E-state index contributed by atoms with van der Waals surface area (Å²) in [6.07, 6.45) is 0. The smallest absolute Gasteiger partial charge is 0.161 e. The highest BCUT2D eigenvalue weighted by atomic mass is 35.5. The quantitative estimate of drug-likeness (QED) is 0.519. The van der Waals surface area contributed by atoms with E-state index in [4.69, 9.17) is 16.9 Å². The van der Waals surface area contributed by atoms with Gasteiger partial charge in [0.2, 0.25) is 0 Å². The summed E-state index contributed by atoms with van der Waals surface area (Å²) in [7, 11) is 0. The summed E-state index contributed by atoms with van der Waals surface area (Å²) in [5, 5.41) is 9.83. The molecule has 0 aliphatic carbocycles. The molecule has 26 heavy (non-hydrogen) atoms. The number of hydrogen-bond acceptors (Lipinski definition) is 3. The van der Waals surface area contributed by atoms with Gasteiger partial charge >= 0.3 is 0 Å². The van der Waals surface area contributed by atoms with Crippen LogP contribution in [-0.2, 0) is 6.54 Å². The monoisotopic (exact) mass is 358 g/mol. The Morgan fingerprint density at radius 1 is 1.00 bits per heavy atom. The molecule has 0 spiro atoms. The first-order valence-corrected chi connectivity index (χ1v) is 8.61. The number of aromatic nitrogens is 3. The maximum absolute atomic E-state index is 9.09. The SMILES string of the molecule is Cc1nc2ccc(C#N)nc2n1Cc1ccc(-c2ccccc2Cl)cc1. The fourth-order valence-corrected chi connectivity index (χ4v) is 3.28. The van der Waals surface area contributed by atoms with E-state index >= 15 is 0 Å². The fourth-order valence-electron chi connectivity index (χ4n) is 3.03. The standard InChI is InChI=1S/C21H15ClN4/c1-14-24-20-11-10-17(12-23)25-21(20)26(14)13-15-6-8-16(9-7-15)18-4-2-3-5-19(18)22/h2-11H,13H2,1H3. The lowest BCUT2D eigenvalue weighted by Crippen LogP contribution is -2.03. The van der Waals surface area contributed by atoms with Gasteiger partial charge in [-0.1, -0.05) is 54.1 Å². The lowest BCUT2D eigenvalue weighted by molar-refractivity contribution is 0.777. The van der Waals surface area contributed by atoms with Gasteiger partial charge in [0, 0.05) is 10.6 Å². The molecular formula is C21H15ClN4. The Morgan fingerprint density at radius 3 is 2.50 bits per heavy atom. The summed E-state index contributed by atoms with van der Waals surface area (Å²) in [6, 6.07) is 21.7. The van der Waals surface area contributed by atoms with E-state index in [1.165, 1.54) is 0 Å². The molecule has 5 heteroatoms. The molecule has 4 aromatic rings. The van der Waals surface area contributed by atoms with Crippen molar-refractivity contribution in [3.63, 3.8) is 0 Å². The predicted octanol–water partition coefficient (Wildman–Crippen LogP) is 4.98. The van der Waals surface area contributed by atoms with Gasteiger partial charge in [0.15, 0.2) is 5.65 Å². The molecule has 0 bridgehead atoms. The highest BCUT2D eigenvalue weighted by Gasteiger charge is 2.10. The molecule has 0 N–H and O–H groups in total. The molecule has 4 rings (SSSR count). The first-order valence-electron chi connectivity index (χ1n) is 8.23. The van der Waals surface area contributed by atoms with Crippen molar-refractivity contribution in [1.82, 2.24) is 14.5 Å². The van der Waals surface area contributed by atoms with E-state index in [0.29, 0.717) is 12.2 Å². The number of benzene rings is 2. The Hall–Kier alpha value is -3.16. The topological polar surface area (TPSA) is 54.5 Å². The molecule has 0 fully saturated rings. The molecule has 0 unspecified atom stereocenters. The number of aryl methyl sites for hydroxylation is 1. The van der Waals surface area contributed by atoms with Crippen LogP contribution in [0.15, 0.2) is 60.7 Å². The molecule has 2 aromatic heterocycles. The van der Waals surface area contributed by atoms with E-state index in [9.17, 15) is 0 Å². The van der Waals surface area contributed by atoms with Gasteiger partial charge in [0.25, 0.3) is 0 Å². The third-order valence-corrected chi connectivity index (χ3v) is 4.71. The largest absolute Gasteiger partial charge is 0.308 e. The van der Waals surface area contributed by atoms with Crippen LogP contribution >= 0.6 is 11.6 Å². The number of pyridine rings is 1. The van der Waals surface area contributed by atoms with Crippen molar-refractivity contribution in [2.24, 2.45) is 0 Å². The van der Waals surface area contributed by atoms with Gasteiger partial charge in [-0.05, 0) is 36.2 Å². The van der Waals surface area contributed by atoms with Gasteiger partial charge in [-0.2, -0.15) is 5.26 Å². The lowest BCUT2D eigenvalue weighted by atomic mass is 10.0. The van der Waals surface area contributed by atoms with Crippen molar-refractivity contribution in [2.45, 2.75) is 13.5 Å². The maximum atomic E-state index is 9.09. The van der Waals surface area contributed by atoms with Gasteiger partial charge in [0.05, 0.1) is 6.54 Å². The molecule has 4 nitrogen and oxygen atoms in total. The van der Waals surface area contributed by atoms with Crippen LogP contribution in [-0.4, -0.2) is 14.5 Å². The number of nitriles is 1. The predicted molar refractivity (Wildman–Crippen MR) is 103 cm³/mol. The van der Waals surface area contributed by atoms with Gasteiger partial charge < -0.3 is 4.57 Å². The average Bonchev–Trinajstić information content (AvgIpc) is 2.97. The Kier molecular flexibility index (Phi) is 4.16. The second kappa shape index (κ2) is 6.62. The van der Waals surface area contributed by atoms with Crippen LogP contribution in [0.25, 0.3) is 22.3 Å². The van der Waals surface area contributed by atoms with Gasteiger partial charge in [-0.25, -0.2) is 9.97 Å². The van der Waals surface area contributed by atoms with Gasteiger partial charge in [-0.3, -0.25) is 0 Å². The minimum atomic E-state index is 0.396.